The molecule has 0 aliphatic carbocycles. The molecule has 0 radical (unpaired) electrons. The van der Waals surface area contributed by atoms with Crippen LogP contribution in [0.3, 0.4) is 0 Å². The molecule has 0 heterocycles. The van der Waals surface area contributed by atoms with E-state index >= 15 is 0 Å². The number of hydrogen-bond donors (Lipinski definition) is 3. The molecule has 3 N–H and O–H groups in total. The van der Waals surface area contributed by atoms with Crippen LogP contribution in [0, 0.1) is 0 Å². The van der Waals surface area contributed by atoms with Crippen LogP contribution < -0.4 is 10.2 Å². The van der Waals surface area contributed by atoms with Crippen molar-refractivity contribution >= 4 is 35.1 Å². The molecule has 21 heavy (non-hydrogen) atoms. The number of nitrogens with zero attached hydrogens (tertiary/aromatic N) is 1. The lowest BCUT2D eigenvalue weighted by Gasteiger charge is -2.06. The van der Waals surface area contributed by atoms with E-state index in [1.54, 1.807) is 31.4 Å². The number of ether oxygens (including phenoxy) is 1. The molecular weight excluding hydrogens is 315 g/mol. The molecular formula is C14H12Cl2N2O3. The summed E-state index contributed by atoms with van der Waals surface area (Å²) < 4.78 is 5.04. The van der Waals surface area contributed by atoms with Gasteiger partial charge in [-0.05, 0) is 30.3 Å². The van der Waals surface area contributed by atoms with Crippen molar-refractivity contribution in [1.82, 2.24) is 0 Å². The van der Waals surface area contributed by atoms with Crippen LogP contribution in [-0.4, -0.2) is 23.5 Å². The van der Waals surface area contributed by atoms with E-state index in [1.165, 1.54) is 12.3 Å². The summed E-state index contributed by atoms with van der Waals surface area (Å²) in [5.74, 6) is 0.0780. The van der Waals surface area contributed by atoms with Gasteiger partial charge in [0, 0.05) is 5.56 Å². The minimum atomic E-state index is -0.365. The fourth-order valence-corrected chi connectivity index (χ4v) is 2.03. The van der Waals surface area contributed by atoms with Gasteiger partial charge in [0.2, 0.25) is 0 Å². The highest BCUT2D eigenvalue weighted by atomic mass is 35.5. The zero-order valence-corrected chi connectivity index (χ0v) is 12.5. The summed E-state index contributed by atoms with van der Waals surface area (Å²) in [7, 11) is 1.58. The van der Waals surface area contributed by atoms with Crippen molar-refractivity contribution in [2.24, 2.45) is 5.10 Å². The van der Waals surface area contributed by atoms with Crippen LogP contribution in [0.5, 0.6) is 17.2 Å². The zero-order chi connectivity index (χ0) is 15.4. The molecule has 2 aromatic rings. The van der Waals surface area contributed by atoms with Gasteiger partial charge in [0.15, 0.2) is 5.75 Å². The third-order valence-electron chi connectivity index (χ3n) is 2.68. The third kappa shape index (κ3) is 3.51. The molecule has 0 aromatic heterocycles. The van der Waals surface area contributed by atoms with E-state index in [0.29, 0.717) is 0 Å². The lowest BCUT2D eigenvalue weighted by atomic mass is 10.2. The summed E-state index contributed by atoms with van der Waals surface area (Å²) in [5, 5.41) is 23.0. The monoisotopic (exact) mass is 326 g/mol. The molecule has 0 saturated heterocycles. The molecule has 0 amide bonds. The molecule has 0 bridgehead atoms. The van der Waals surface area contributed by atoms with E-state index in [4.69, 9.17) is 27.9 Å². The number of hydrazone groups is 1. The number of methoxy groups -OCH3 is 1. The Morgan fingerprint density at radius 1 is 1.14 bits per heavy atom. The Labute approximate surface area is 131 Å². The first-order valence-electron chi connectivity index (χ1n) is 5.86. The van der Waals surface area contributed by atoms with Crippen molar-refractivity contribution in [3.63, 3.8) is 0 Å². The standard InChI is InChI=1S/C14H12Cl2N2O3/c1-21-10-4-2-9(3-5-10)18-17-7-8-6-11(15)14(20)12(16)13(8)19/h2-7,18-20H,1H3/b17-7+. The Morgan fingerprint density at radius 2 is 1.81 bits per heavy atom. The molecule has 0 saturated carbocycles. The Bertz CT molecular complexity index is 673. The number of nitrogens with one attached hydrogen (secondary N) is 1. The maximum Gasteiger partial charge on any atom is 0.156 e. The summed E-state index contributed by atoms with van der Waals surface area (Å²) in [6, 6.07) is 8.49. The maximum absolute atomic E-state index is 9.78. The predicted octanol–water partition coefficient (Wildman–Crippen LogP) is 3.86. The molecule has 0 aliphatic rings. The van der Waals surface area contributed by atoms with Crippen molar-refractivity contribution in [3.8, 4) is 17.2 Å². The lowest BCUT2D eigenvalue weighted by Crippen LogP contribution is -1.92. The van der Waals surface area contributed by atoms with Crippen LogP contribution in [-0.2, 0) is 0 Å². The highest BCUT2D eigenvalue weighted by Gasteiger charge is 2.13. The number of halogens is 2. The summed E-state index contributed by atoms with van der Waals surface area (Å²) in [6.07, 6.45) is 1.34. The number of hydrogen-bond acceptors (Lipinski definition) is 5. The van der Waals surface area contributed by atoms with Crippen LogP contribution >= 0.6 is 23.2 Å². The van der Waals surface area contributed by atoms with Gasteiger partial charge < -0.3 is 14.9 Å². The first-order valence-corrected chi connectivity index (χ1v) is 6.61. The lowest BCUT2D eigenvalue weighted by molar-refractivity contribution is 0.415. The normalized spacial score (nSPS) is 10.8. The largest absolute Gasteiger partial charge is 0.506 e. The van der Waals surface area contributed by atoms with Crippen molar-refractivity contribution in [1.29, 1.82) is 0 Å². The second-order valence-corrected chi connectivity index (χ2v) is 4.84. The summed E-state index contributed by atoms with van der Waals surface area (Å²) >= 11 is 11.5. The van der Waals surface area contributed by atoms with Crippen molar-refractivity contribution in [3.05, 3.63) is 45.9 Å². The molecule has 5 nitrogen and oxygen atoms in total. The minimum Gasteiger partial charge on any atom is -0.506 e. The number of phenols is 2. The van der Waals surface area contributed by atoms with Crippen molar-refractivity contribution in [2.45, 2.75) is 0 Å². The molecule has 0 fully saturated rings. The van der Waals surface area contributed by atoms with Gasteiger partial charge in [0.25, 0.3) is 0 Å². The van der Waals surface area contributed by atoms with Crippen LogP contribution in [0.15, 0.2) is 35.4 Å². The van der Waals surface area contributed by atoms with Crippen LogP contribution in [0.4, 0.5) is 5.69 Å². The molecule has 0 unspecified atom stereocenters. The van der Waals surface area contributed by atoms with Crippen LogP contribution in [0.2, 0.25) is 10.0 Å². The van der Waals surface area contributed by atoms with Gasteiger partial charge in [0.1, 0.15) is 16.5 Å². The Hall–Kier alpha value is -2.11. The fourth-order valence-electron chi connectivity index (χ4n) is 1.56. The average molecular weight is 327 g/mol. The quantitative estimate of drug-likeness (QED) is 0.589. The second-order valence-electron chi connectivity index (χ2n) is 4.06. The van der Waals surface area contributed by atoms with Gasteiger partial charge in [-0.2, -0.15) is 5.10 Å². The van der Waals surface area contributed by atoms with E-state index in [9.17, 15) is 10.2 Å². The summed E-state index contributed by atoms with van der Waals surface area (Å²) in [4.78, 5) is 0. The topological polar surface area (TPSA) is 74.1 Å². The SMILES string of the molecule is COc1ccc(N/N=C/c2cc(Cl)c(O)c(Cl)c2O)cc1. The molecule has 2 aromatic carbocycles. The van der Waals surface area contributed by atoms with Crippen LogP contribution in [0.1, 0.15) is 5.56 Å². The molecule has 110 valence electrons. The Morgan fingerprint density at radius 3 is 2.43 bits per heavy atom. The van der Waals surface area contributed by atoms with E-state index in [2.05, 4.69) is 10.5 Å². The van der Waals surface area contributed by atoms with Gasteiger partial charge in [-0.3, -0.25) is 5.43 Å². The molecule has 7 heteroatoms. The average Bonchev–Trinajstić information content (AvgIpc) is 2.51. The van der Waals surface area contributed by atoms with E-state index in [0.717, 1.165) is 11.4 Å². The predicted molar refractivity (Wildman–Crippen MR) is 84.0 cm³/mol. The number of rotatable bonds is 4. The minimum absolute atomic E-state index is 0.0312. The second kappa shape index (κ2) is 6.56. The number of aromatic hydroxyl groups is 2. The third-order valence-corrected chi connectivity index (χ3v) is 3.33. The van der Waals surface area contributed by atoms with Crippen molar-refractivity contribution in [2.75, 3.05) is 12.5 Å². The van der Waals surface area contributed by atoms with Crippen molar-refractivity contribution < 1.29 is 14.9 Å². The highest BCUT2D eigenvalue weighted by molar-refractivity contribution is 6.38. The van der Waals surface area contributed by atoms with Gasteiger partial charge in [-0.15, -0.1) is 0 Å². The molecule has 0 aliphatic heterocycles. The van der Waals surface area contributed by atoms with E-state index in [1.807, 2.05) is 0 Å². The van der Waals surface area contributed by atoms with Gasteiger partial charge in [-0.1, -0.05) is 23.2 Å². The number of phenolic OH excluding ortho intramolecular Hbond substituents is 2. The van der Waals surface area contributed by atoms with Gasteiger partial charge in [0.05, 0.1) is 24.0 Å². The number of benzene rings is 2. The zero-order valence-electron chi connectivity index (χ0n) is 11.0. The molecule has 2 rings (SSSR count). The number of anilines is 1. The summed E-state index contributed by atoms with van der Waals surface area (Å²) in [5.41, 5.74) is 3.80. The Kier molecular flexibility index (Phi) is 4.77. The first kappa shape index (κ1) is 15.3. The Balaban J connectivity index is 2.14. The molecule has 0 atom stereocenters. The maximum atomic E-state index is 9.78. The first-order chi connectivity index (χ1) is 10.0. The van der Waals surface area contributed by atoms with E-state index < -0.39 is 0 Å². The van der Waals surface area contributed by atoms with Gasteiger partial charge in [-0.25, -0.2) is 0 Å². The summed E-state index contributed by atoms with van der Waals surface area (Å²) in [6.45, 7) is 0. The van der Waals surface area contributed by atoms with E-state index in [-0.39, 0.29) is 27.1 Å². The smallest absolute Gasteiger partial charge is 0.156 e. The van der Waals surface area contributed by atoms with Gasteiger partial charge >= 0.3 is 0 Å². The highest BCUT2D eigenvalue weighted by Crippen LogP contribution is 2.40. The fraction of sp³-hybridized carbons (Fsp3) is 0.0714. The molecule has 0 spiro atoms. The van der Waals surface area contributed by atoms with Crippen LogP contribution in [0.25, 0.3) is 0 Å².